The molecule has 0 unspecified atom stereocenters. The third kappa shape index (κ3) is 4.34. The summed E-state index contributed by atoms with van der Waals surface area (Å²) in [4.78, 5) is 24.9. The molecule has 4 aliphatic rings. The van der Waals surface area contributed by atoms with E-state index >= 15 is 0 Å². The molecule has 2 saturated carbocycles. The van der Waals surface area contributed by atoms with Crippen molar-refractivity contribution >= 4 is 20.3 Å². The Kier molecular flexibility index (Phi) is 7.22. The van der Waals surface area contributed by atoms with E-state index in [0.717, 1.165) is 12.8 Å². The molecule has 7 atom stereocenters. The summed E-state index contributed by atoms with van der Waals surface area (Å²) in [5, 5.41) is 0.224. The predicted octanol–water partition coefficient (Wildman–Crippen LogP) is 6.69. The molecule has 0 saturated heterocycles. The van der Waals surface area contributed by atoms with Crippen LogP contribution in [-0.4, -0.2) is 40.6 Å². The minimum absolute atomic E-state index is 0.0758. The lowest BCUT2D eigenvalue weighted by Gasteiger charge is -2.57. The zero-order valence-corrected chi connectivity index (χ0v) is 25.0. The summed E-state index contributed by atoms with van der Waals surface area (Å²) in [6, 6.07) is 0. The summed E-state index contributed by atoms with van der Waals surface area (Å²) in [6.45, 7) is 16.7. The number of methoxy groups -OCH3 is 2. The number of allylic oxidation sites excluding steroid dienone is 4. The Labute approximate surface area is 219 Å². The molecular weight excluding hydrogens is 468 g/mol. The zero-order valence-electron chi connectivity index (χ0n) is 24.0. The third-order valence-electron chi connectivity index (χ3n) is 11.2. The van der Waals surface area contributed by atoms with Crippen LogP contribution >= 0.6 is 0 Å². The molecule has 0 amide bonds. The maximum atomic E-state index is 12.5. The SMILES string of the molecule is COC(=O)C(C(=O)OC)[C@@H]1C=C2C=C[C@H]3[C@@H]4CC[C@H](O[Si](C)(C)C(C)(C)C)[C@@]4(C)CC[C@@H]3[C@@]2(C)CC1. The van der Waals surface area contributed by atoms with Gasteiger partial charge in [0, 0.05) is 5.92 Å². The second-order valence-electron chi connectivity index (χ2n) is 13.9. The second-order valence-corrected chi connectivity index (χ2v) is 18.7. The highest BCUT2D eigenvalue weighted by Crippen LogP contribution is 2.65. The van der Waals surface area contributed by atoms with Gasteiger partial charge in [0.25, 0.3) is 0 Å². The van der Waals surface area contributed by atoms with Gasteiger partial charge in [-0.25, -0.2) is 0 Å². The monoisotopic (exact) mass is 516 g/mol. The van der Waals surface area contributed by atoms with Gasteiger partial charge in [0.1, 0.15) is 0 Å². The quantitative estimate of drug-likeness (QED) is 0.231. The van der Waals surface area contributed by atoms with Gasteiger partial charge in [-0.3, -0.25) is 9.59 Å². The van der Waals surface area contributed by atoms with Gasteiger partial charge in [-0.2, -0.15) is 0 Å². The Morgan fingerprint density at radius 1 is 0.972 bits per heavy atom. The summed E-state index contributed by atoms with van der Waals surface area (Å²) in [7, 11) is 0.853. The topological polar surface area (TPSA) is 61.8 Å². The molecule has 36 heavy (non-hydrogen) atoms. The van der Waals surface area contributed by atoms with Gasteiger partial charge in [0.15, 0.2) is 14.2 Å². The van der Waals surface area contributed by atoms with Crippen molar-refractivity contribution in [2.24, 2.45) is 40.4 Å². The lowest BCUT2D eigenvalue weighted by Crippen LogP contribution is -2.53. The molecule has 202 valence electrons. The van der Waals surface area contributed by atoms with E-state index < -0.39 is 26.2 Å². The van der Waals surface area contributed by atoms with Gasteiger partial charge in [-0.15, -0.1) is 0 Å². The van der Waals surface area contributed by atoms with Gasteiger partial charge in [-0.05, 0) is 90.8 Å². The lowest BCUT2D eigenvalue weighted by molar-refractivity contribution is -0.161. The van der Waals surface area contributed by atoms with E-state index in [1.54, 1.807) is 0 Å². The van der Waals surface area contributed by atoms with Crippen molar-refractivity contribution < 1.29 is 23.5 Å². The van der Waals surface area contributed by atoms with Gasteiger partial charge in [0.05, 0.1) is 20.3 Å². The van der Waals surface area contributed by atoms with Crippen molar-refractivity contribution in [3.05, 3.63) is 23.8 Å². The van der Waals surface area contributed by atoms with Crippen LogP contribution in [0.3, 0.4) is 0 Å². The minimum Gasteiger partial charge on any atom is -0.468 e. The Morgan fingerprint density at radius 2 is 1.61 bits per heavy atom. The van der Waals surface area contributed by atoms with Crippen LogP contribution in [-0.2, 0) is 23.5 Å². The van der Waals surface area contributed by atoms with Gasteiger partial charge >= 0.3 is 11.9 Å². The van der Waals surface area contributed by atoms with Gasteiger partial charge < -0.3 is 13.9 Å². The molecule has 0 aromatic carbocycles. The first kappa shape index (κ1) is 27.6. The first-order valence-corrected chi connectivity index (χ1v) is 16.8. The number of hydrogen-bond acceptors (Lipinski definition) is 5. The predicted molar refractivity (Wildman–Crippen MR) is 145 cm³/mol. The largest absolute Gasteiger partial charge is 0.468 e. The van der Waals surface area contributed by atoms with Crippen molar-refractivity contribution in [3.63, 3.8) is 0 Å². The summed E-state index contributed by atoms with van der Waals surface area (Å²) >= 11 is 0. The Bertz CT molecular complexity index is 929. The van der Waals surface area contributed by atoms with E-state index in [2.05, 4.69) is 65.9 Å². The highest BCUT2D eigenvalue weighted by atomic mass is 28.4. The van der Waals surface area contributed by atoms with Crippen LogP contribution in [0.2, 0.25) is 18.1 Å². The average molecular weight is 517 g/mol. The Morgan fingerprint density at radius 3 is 2.19 bits per heavy atom. The molecule has 0 heterocycles. The molecule has 0 spiro atoms. The van der Waals surface area contributed by atoms with Crippen molar-refractivity contribution in [3.8, 4) is 0 Å². The molecule has 0 N–H and O–H groups in total. The van der Waals surface area contributed by atoms with E-state index in [9.17, 15) is 9.59 Å². The number of esters is 2. The fourth-order valence-corrected chi connectivity index (χ4v) is 9.27. The number of hydrogen-bond donors (Lipinski definition) is 0. The summed E-state index contributed by atoms with van der Waals surface area (Å²) < 4.78 is 17.0. The number of fused-ring (bicyclic) bond motifs is 5. The standard InChI is InChI=1S/C30H48O5Si/c1-28(2,3)36(8,9)35-24-13-12-22-21-11-10-20-18-19(25(26(31)33-6)27(32)34-7)14-16-29(20,4)23(21)15-17-30(22,24)5/h10-11,18-19,21-25H,12-17H2,1-9H3/t19-,21-,22-,23-,24-,29-,30-/m0/s1. The molecule has 0 bridgehead atoms. The van der Waals surface area contributed by atoms with Crippen LogP contribution in [0.4, 0.5) is 0 Å². The van der Waals surface area contributed by atoms with Crippen molar-refractivity contribution in [2.45, 2.75) is 97.4 Å². The number of rotatable bonds is 5. The van der Waals surface area contributed by atoms with Crippen molar-refractivity contribution in [1.29, 1.82) is 0 Å². The first-order chi connectivity index (χ1) is 16.7. The first-order valence-electron chi connectivity index (χ1n) is 13.9. The lowest BCUT2D eigenvalue weighted by atomic mass is 9.48. The highest BCUT2D eigenvalue weighted by Gasteiger charge is 2.59. The van der Waals surface area contributed by atoms with Gasteiger partial charge in [0.2, 0.25) is 0 Å². The smallest absolute Gasteiger partial charge is 0.320 e. The minimum atomic E-state index is -1.83. The maximum absolute atomic E-state index is 12.5. The van der Waals surface area contributed by atoms with Crippen LogP contribution in [0.15, 0.2) is 23.8 Å². The van der Waals surface area contributed by atoms with Gasteiger partial charge in [-0.1, -0.05) is 52.8 Å². The maximum Gasteiger partial charge on any atom is 0.320 e. The summed E-state index contributed by atoms with van der Waals surface area (Å²) in [6.07, 6.45) is 13.9. The van der Waals surface area contributed by atoms with Crippen LogP contribution in [0.25, 0.3) is 0 Å². The molecule has 2 fully saturated rings. The molecule has 4 rings (SSSR count). The zero-order chi connectivity index (χ0) is 26.7. The summed E-state index contributed by atoms with van der Waals surface area (Å²) in [5.41, 5.74) is 1.59. The molecule has 6 heteroatoms. The molecule has 0 aliphatic heterocycles. The van der Waals surface area contributed by atoms with E-state index in [1.165, 1.54) is 45.5 Å². The van der Waals surface area contributed by atoms with E-state index in [4.69, 9.17) is 13.9 Å². The molecule has 4 aliphatic carbocycles. The molecule has 0 radical (unpaired) electrons. The van der Waals surface area contributed by atoms with Crippen LogP contribution in [0.1, 0.15) is 73.1 Å². The van der Waals surface area contributed by atoms with E-state index in [-0.39, 0.29) is 21.8 Å². The van der Waals surface area contributed by atoms with Crippen molar-refractivity contribution in [2.75, 3.05) is 14.2 Å². The number of carbonyl (C=O) groups is 2. The van der Waals surface area contributed by atoms with Crippen LogP contribution in [0, 0.1) is 40.4 Å². The molecule has 0 aromatic rings. The van der Waals surface area contributed by atoms with Crippen LogP contribution < -0.4 is 0 Å². The fourth-order valence-electron chi connectivity index (χ4n) is 7.82. The van der Waals surface area contributed by atoms with E-state index in [0.29, 0.717) is 23.9 Å². The fraction of sp³-hybridized carbons (Fsp3) is 0.800. The second kappa shape index (κ2) is 9.41. The number of ether oxygens (including phenoxy) is 2. The Balaban J connectivity index is 1.60. The average Bonchev–Trinajstić information content (AvgIpc) is 3.13. The van der Waals surface area contributed by atoms with Crippen molar-refractivity contribution in [1.82, 2.24) is 0 Å². The van der Waals surface area contributed by atoms with Crippen LogP contribution in [0.5, 0.6) is 0 Å². The normalized spacial score (nSPS) is 38.1. The van der Waals surface area contributed by atoms with E-state index in [1.807, 2.05) is 0 Å². The molecule has 0 aromatic heterocycles. The molecule has 5 nitrogen and oxygen atoms in total. The molecular formula is C30H48O5Si. The highest BCUT2D eigenvalue weighted by molar-refractivity contribution is 6.74. The number of carbonyl (C=O) groups excluding carboxylic acids is 2. The summed E-state index contributed by atoms with van der Waals surface area (Å²) in [5.74, 6) is -0.273. The Hall–Kier alpha value is -1.40. The third-order valence-corrected chi connectivity index (χ3v) is 15.7.